The number of unbranched alkanes of at least 4 members (excludes halogenated alkanes) is 16. The van der Waals surface area contributed by atoms with Gasteiger partial charge in [-0.2, -0.15) is 0 Å². The van der Waals surface area contributed by atoms with Crippen molar-refractivity contribution in [2.45, 2.75) is 175 Å². The summed E-state index contributed by atoms with van der Waals surface area (Å²) in [7, 11) is 0. The molecule has 0 aliphatic rings. The predicted molar refractivity (Wildman–Crippen MR) is 165 cm³/mol. The van der Waals surface area contributed by atoms with E-state index in [0.29, 0.717) is 17.9 Å². The molecule has 1 aromatic rings. The fraction of sp³-hybridized carbons (Fsp3) is 0.800. The number of hydrogen-bond acceptors (Lipinski definition) is 3. The maximum absolute atomic E-state index is 13.2. The second-order valence-corrected chi connectivity index (χ2v) is 11.4. The van der Waals surface area contributed by atoms with E-state index in [1.54, 1.807) is 0 Å². The zero-order chi connectivity index (χ0) is 27.8. The smallest absolute Gasteiger partial charge is 0.338 e. The van der Waals surface area contributed by atoms with Crippen molar-refractivity contribution in [1.82, 2.24) is 0 Å². The molecular weight excluding hydrogens is 468 g/mol. The summed E-state index contributed by atoms with van der Waals surface area (Å²) in [5, 5.41) is 11.1. The molecule has 0 aromatic heterocycles. The molecule has 0 saturated heterocycles. The SMILES string of the molecule is CCCCCCCCCCCCCCCCOC(=O)c1cc(CCCC)c(O)c(CCCC)c1CCCC. The van der Waals surface area contributed by atoms with Gasteiger partial charge in [-0.3, -0.25) is 0 Å². The highest BCUT2D eigenvalue weighted by atomic mass is 16.5. The topological polar surface area (TPSA) is 46.5 Å². The normalized spacial score (nSPS) is 11.3. The van der Waals surface area contributed by atoms with Gasteiger partial charge in [0.2, 0.25) is 0 Å². The molecule has 0 saturated carbocycles. The summed E-state index contributed by atoms with van der Waals surface area (Å²) in [5.74, 6) is 0.239. The highest BCUT2D eigenvalue weighted by Gasteiger charge is 2.22. The van der Waals surface area contributed by atoms with E-state index >= 15 is 0 Å². The van der Waals surface area contributed by atoms with Gasteiger partial charge in [-0.15, -0.1) is 0 Å². The van der Waals surface area contributed by atoms with E-state index in [1.165, 1.54) is 77.0 Å². The maximum Gasteiger partial charge on any atom is 0.338 e. The number of benzene rings is 1. The van der Waals surface area contributed by atoms with Gasteiger partial charge in [0.25, 0.3) is 0 Å². The molecule has 0 amide bonds. The first-order valence-electron chi connectivity index (χ1n) is 16.6. The zero-order valence-corrected chi connectivity index (χ0v) is 25.8. The fourth-order valence-electron chi connectivity index (χ4n) is 5.37. The van der Waals surface area contributed by atoms with E-state index < -0.39 is 0 Å². The number of phenols is 1. The van der Waals surface area contributed by atoms with Gasteiger partial charge in [-0.25, -0.2) is 4.79 Å². The monoisotopic (exact) mass is 530 g/mol. The van der Waals surface area contributed by atoms with Gasteiger partial charge in [-0.05, 0) is 67.7 Å². The van der Waals surface area contributed by atoms with Crippen LogP contribution in [-0.2, 0) is 24.0 Å². The standard InChI is InChI=1S/C35H62O3/c1-5-9-13-14-15-16-17-18-19-20-21-22-23-24-28-38-35(37)33-29-30(25-10-6-2)34(36)32(27-12-8-4)31(33)26-11-7-3/h29,36H,5-28H2,1-4H3. The Bertz CT molecular complexity index is 724. The van der Waals surface area contributed by atoms with Crippen LogP contribution in [0.2, 0.25) is 0 Å². The number of ether oxygens (including phenoxy) is 1. The average molecular weight is 531 g/mol. The number of hydrogen-bond donors (Lipinski definition) is 1. The molecular formula is C35H62O3. The molecule has 38 heavy (non-hydrogen) atoms. The number of rotatable bonds is 25. The van der Waals surface area contributed by atoms with Crippen molar-refractivity contribution in [1.29, 1.82) is 0 Å². The minimum absolute atomic E-state index is 0.193. The first kappa shape index (κ1) is 34.5. The Morgan fingerprint density at radius 3 is 1.50 bits per heavy atom. The number of aromatic hydroxyl groups is 1. The molecule has 0 atom stereocenters. The van der Waals surface area contributed by atoms with Gasteiger partial charge in [0.05, 0.1) is 12.2 Å². The van der Waals surface area contributed by atoms with Gasteiger partial charge in [0, 0.05) is 0 Å². The first-order valence-corrected chi connectivity index (χ1v) is 16.6. The van der Waals surface area contributed by atoms with Crippen molar-refractivity contribution in [2.75, 3.05) is 6.61 Å². The molecule has 0 bridgehead atoms. The molecule has 1 N–H and O–H groups in total. The Hall–Kier alpha value is -1.51. The number of carbonyl (C=O) groups excluding carboxylic acids is 1. The van der Waals surface area contributed by atoms with Gasteiger partial charge in [-0.1, -0.05) is 130 Å². The van der Waals surface area contributed by atoms with E-state index in [0.717, 1.165) is 87.3 Å². The number of esters is 1. The van der Waals surface area contributed by atoms with Crippen molar-refractivity contribution in [3.63, 3.8) is 0 Å². The van der Waals surface area contributed by atoms with Crippen LogP contribution in [0, 0.1) is 0 Å². The van der Waals surface area contributed by atoms with E-state index in [1.807, 2.05) is 6.07 Å². The molecule has 0 radical (unpaired) electrons. The third-order valence-corrected chi connectivity index (χ3v) is 7.91. The molecule has 3 heteroatoms. The van der Waals surface area contributed by atoms with Gasteiger partial charge < -0.3 is 9.84 Å². The number of aryl methyl sites for hydroxylation is 1. The van der Waals surface area contributed by atoms with E-state index in [4.69, 9.17) is 4.74 Å². The van der Waals surface area contributed by atoms with E-state index in [-0.39, 0.29) is 5.97 Å². The Morgan fingerprint density at radius 1 is 0.579 bits per heavy atom. The Balaban J connectivity index is 2.47. The van der Waals surface area contributed by atoms with Crippen LogP contribution in [0.3, 0.4) is 0 Å². The van der Waals surface area contributed by atoms with Crippen LogP contribution in [0.1, 0.15) is 183 Å². The molecule has 220 valence electrons. The van der Waals surface area contributed by atoms with Crippen molar-refractivity contribution in [3.8, 4) is 5.75 Å². The van der Waals surface area contributed by atoms with Gasteiger partial charge in [0.15, 0.2) is 0 Å². The highest BCUT2D eigenvalue weighted by Crippen LogP contribution is 2.33. The van der Waals surface area contributed by atoms with E-state index in [2.05, 4.69) is 27.7 Å². The summed E-state index contributed by atoms with van der Waals surface area (Å²) in [6, 6.07) is 1.94. The van der Waals surface area contributed by atoms with Crippen LogP contribution in [0.15, 0.2) is 6.07 Å². The quantitative estimate of drug-likeness (QED) is 0.101. The largest absolute Gasteiger partial charge is 0.507 e. The maximum atomic E-state index is 13.2. The Labute approximate surface area is 236 Å². The second kappa shape index (κ2) is 23.4. The van der Waals surface area contributed by atoms with Crippen LogP contribution < -0.4 is 0 Å². The summed E-state index contributed by atoms with van der Waals surface area (Å²) in [4.78, 5) is 13.2. The molecule has 0 heterocycles. The fourth-order valence-corrected chi connectivity index (χ4v) is 5.37. The lowest BCUT2D eigenvalue weighted by atomic mass is 9.88. The molecule has 0 fully saturated rings. The summed E-state index contributed by atoms with van der Waals surface area (Å²) >= 11 is 0. The third-order valence-electron chi connectivity index (χ3n) is 7.91. The van der Waals surface area contributed by atoms with Crippen LogP contribution in [0.5, 0.6) is 5.75 Å². The van der Waals surface area contributed by atoms with E-state index in [9.17, 15) is 9.90 Å². The van der Waals surface area contributed by atoms with Crippen LogP contribution >= 0.6 is 0 Å². The zero-order valence-electron chi connectivity index (χ0n) is 25.8. The van der Waals surface area contributed by atoms with Crippen molar-refractivity contribution < 1.29 is 14.6 Å². The van der Waals surface area contributed by atoms with Crippen molar-refractivity contribution >= 4 is 5.97 Å². The van der Waals surface area contributed by atoms with Gasteiger partial charge >= 0.3 is 5.97 Å². The lowest BCUT2D eigenvalue weighted by Gasteiger charge is -2.19. The third kappa shape index (κ3) is 14.6. The molecule has 0 aliphatic heterocycles. The first-order chi connectivity index (χ1) is 18.6. The molecule has 0 aliphatic carbocycles. The molecule has 0 unspecified atom stereocenters. The van der Waals surface area contributed by atoms with Crippen LogP contribution in [-0.4, -0.2) is 17.7 Å². The number of phenolic OH excluding ortho intramolecular Hbond substituents is 1. The number of carbonyl (C=O) groups is 1. The lowest BCUT2D eigenvalue weighted by molar-refractivity contribution is 0.0496. The van der Waals surface area contributed by atoms with Gasteiger partial charge in [0.1, 0.15) is 5.75 Å². The lowest BCUT2D eigenvalue weighted by Crippen LogP contribution is -2.13. The summed E-state index contributed by atoms with van der Waals surface area (Å²) < 4.78 is 5.79. The molecule has 1 aromatic carbocycles. The molecule has 0 spiro atoms. The molecule has 1 rings (SSSR count). The minimum Gasteiger partial charge on any atom is -0.507 e. The Morgan fingerprint density at radius 2 is 1.00 bits per heavy atom. The second-order valence-electron chi connectivity index (χ2n) is 11.4. The van der Waals surface area contributed by atoms with Crippen molar-refractivity contribution in [2.24, 2.45) is 0 Å². The van der Waals surface area contributed by atoms with Crippen LogP contribution in [0.4, 0.5) is 0 Å². The van der Waals surface area contributed by atoms with Crippen LogP contribution in [0.25, 0.3) is 0 Å². The van der Waals surface area contributed by atoms with Crippen molar-refractivity contribution in [3.05, 3.63) is 28.3 Å². The highest BCUT2D eigenvalue weighted by molar-refractivity contribution is 5.92. The summed E-state index contributed by atoms with van der Waals surface area (Å²) in [6.07, 6.45) is 27.3. The predicted octanol–water partition coefficient (Wildman–Crippen LogP) is 11.1. The molecule has 3 nitrogen and oxygen atoms in total. The average Bonchev–Trinajstić information content (AvgIpc) is 2.92. The Kier molecular flexibility index (Phi) is 21.2. The summed E-state index contributed by atoms with van der Waals surface area (Å²) in [5.41, 5.74) is 3.65. The minimum atomic E-state index is -0.193. The summed E-state index contributed by atoms with van der Waals surface area (Å²) in [6.45, 7) is 9.29.